The molecule has 8 heteroatoms. The summed E-state index contributed by atoms with van der Waals surface area (Å²) in [5.74, 6) is 4.75. The SMILES string of the molecule is C=C(NCC)c1ccc2c(c1)CCc1cc(C(=O)C#N)ccc1C2(C[C@@H](C)N)C(=N)N=NN. The highest BCUT2D eigenvalue weighted by Gasteiger charge is 2.44. The van der Waals surface area contributed by atoms with Gasteiger partial charge < -0.3 is 16.9 Å². The van der Waals surface area contributed by atoms with Crippen LogP contribution in [0.25, 0.3) is 5.70 Å². The second-order valence-electron chi connectivity index (χ2n) is 8.34. The van der Waals surface area contributed by atoms with Crippen molar-refractivity contribution in [2.24, 2.45) is 21.9 Å². The number of benzene rings is 2. The van der Waals surface area contributed by atoms with Crippen molar-refractivity contribution in [3.8, 4) is 6.07 Å². The zero-order valence-electron chi connectivity index (χ0n) is 19.0. The van der Waals surface area contributed by atoms with Crippen molar-refractivity contribution < 1.29 is 4.79 Å². The van der Waals surface area contributed by atoms with E-state index in [2.05, 4.69) is 28.3 Å². The van der Waals surface area contributed by atoms with Gasteiger partial charge in [-0.3, -0.25) is 10.2 Å². The highest BCUT2D eigenvalue weighted by atomic mass is 16.1. The first-order valence-corrected chi connectivity index (χ1v) is 10.9. The van der Waals surface area contributed by atoms with Gasteiger partial charge in [0.2, 0.25) is 0 Å². The van der Waals surface area contributed by atoms with E-state index in [1.165, 1.54) is 0 Å². The summed E-state index contributed by atoms with van der Waals surface area (Å²) in [6.07, 6.45) is 1.69. The number of fused-ring (bicyclic) bond motifs is 2. The molecule has 3 rings (SSSR count). The molecule has 0 saturated heterocycles. The molecule has 33 heavy (non-hydrogen) atoms. The average Bonchev–Trinajstić information content (AvgIpc) is 2.93. The molecule has 0 saturated carbocycles. The van der Waals surface area contributed by atoms with E-state index in [0.717, 1.165) is 40.1 Å². The summed E-state index contributed by atoms with van der Waals surface area (Å²) >= 11 is 0. The van der Waals surface area contributed by atoms with Gasteiger partial charge >= 0.3 is 0 Å². The molecule has 2 aromatic carbocycles. The molecule has 170 valence electrons. The minimum Gasteiger partial charge on any atom is -0.385 e. The molecule has 0 radical (unpaired) electrons. The Kier molecular flexibility index (Phi) is 7.04. The highest BCUT2D eigenvalue weighted by Crippen LogP contribution is 2.45. The molecular weight excluding hydrogens is 414 g/mol. The summed E-state index contributed by atoms with van der Waals surface area (Å²) in [6, 6.07) is 12.6. The fourth-order valence-corrected chi connectivity index (χ4v) is 4.75. The number of Topliss-reactive ketones (excluding diaryl/α,β-unsaturated/α-hetero) is 1. The zero-order valence-corrected chi connectivity index (χ0v) is 19.0. The summed E-state index contributed by atoms with van der Waals surface area (Å²) < 4.78 is 0. The first-order chi connectivity index (χ1) is 15.8. The van der Waals surface area contributed by atoms with Crippen LogP contribution in [-0.4, -0.2) is 24.2 Å². The summed E-state index contributed by atoms with van der Waals surface area (Å²) in [4.78, 5) is 12.1. The number of amidine groups is 1. The second-order valence-corrected chi connectivity index (χ2v) is 8.34. The minimum atomic E-state index is -1.01. The quantitative estimate of drug-likeness (QED) is 0.0982. The number of nitriles is 1. The summed E-state index contributed by atoms with van der Waals surface area (Å²) in [7, 11) is 0. The van der Waals surface area contributed by atoms with E-state index in [9.17, 15) is 4.79 Å². The summed E-state index contributed by atoms with van der Waals surface area (Å²) in [5.41, 5.74) is 11.0. The lowest BCUT2D eigenvalue weighted by molar-refractivity contribution is 0.105. The smallest absolute Gasteiger partial charge is 0.262 e. The molecule has 1 aliphatic rings. The van der Waals surface area contributed by atoms with Crippen LogP contribution in [0, 0.1) is 16.7 Å². The summed E-state index contributed by atoms with van der Waals surface area (Å²) in [5, 5.41) is 28.6. The van der Waals surface area contributed by atoms with E-state index in [1.807, 2.05) is 32.0 Å². The number of nitrogens with one attached hydrogen (secondary N) is 2. The zero-order chi connectivity index (χ0) is 24.2. The summed E-state index contributed by atoms with van der Waals surface area (Å²) in [6.45, 7) is 8.78. The molecule has 1 aliphatic carbocycles. The number of rotatable bonds is 7. The number of hydrogen-bond donors (Lipinski definition) is 4. The van der Waals surface area contributed by atoms with Crippen molar-refractivity contribution in [1.29, 1.82) is 10.7 Å². The Morgan fingerprint density at radius 3 is 2.33 bits per heavy atom. The molecule has 0 aliphatic heterocycles. The molecule has 0 heterocycles. The van der Waals surface area contributed by atoms with Crippen molar-refractivity contribution in [3.05, 3.63) is 76.4 Å². The Bertz CT molecular complexity index is 1180. The highest BCUT2D eigenvalue weighted by molar-refractivity contribution is 6.07. The topological polar surface area (TPSA) is 154 Å². The third-order valence-corrected chi connectivity index (χ3v) is 6.09. The number of hydrogen-bond acceptors (Lipinski definition) is 6. The fraction of sp³-hybridized carbons (Fsp3) is 0.320. The van der Waals surface area contributed by atoms with E-state index in [0.29, 0.717) is 24.8 Å². The molecule has 0 amide bonds. The van der Waals surface area contributed by atoms with Gasteiger partial charge in [-0.1, -0.05) is 30.0 Å². The van der Waals surface area contributed by atoms with E-state index in [-0.39, 0.29) is 11.9 Å². The maximum atomic E-state index is 12.1. The van der Waals surface area contributed by atoms with Crippen molar-refractivity contribution in [2.75, 3.05) is 6.54 Å². The maximum Gasteiger partial charge on any atom is 0.262 e. The van der Waals surface area contributed by atoms with Crippen LogP contribution in [0.1, 0.15) is 58.4 Å². The van der Waals surface area contributed by atoms with E-state index < -0.39 is 11.2 Å². The van der Waals surface area contributed by atoms with Gasteiger partial charge in [0.05, 0.1) is 5.41 Å². The van der Waals surface area contributed by atoms with Crippen LogP contribution in [0.4, 0.5) is 0 Å². The van der Waals surface area contributed by atoms with Crippen molar-refractivity contribution in [3.63, 3.8) is 0 Å². The van der Waals surface area contributed by atoms with Crippen molar-refractivity contribution in [2.45, 2.75) is 44.6 Å². The Labute approximate surface area is 193 Å². The van der Waals surface area contributed by atoms with Crippen LogP contribution in [0.15, 0.2) is 53.3 Å². The predicted octanol–water partition coefficient (Wildman–Crippen LogP) is 3.40. The number of carbonyl (C=O) groups is 1. The van der Waals surface area contributed by atoms with Crippen LogP contribution in [0.3, 0.4) is 0 Å². The fourth-order valence-electron chi connectivity index (χ4n) is 4.75. The molecule has 1 unspecified atom stereocenters. The average molecular weight is 444 g/mol. The Morgan fingerprint density at radius 1 is 1.24 bits per heavy atom. The molecule has 0 fully saturated rings. The van der Waals surface area contributed by atoms with Gasteiger partial charge in [-0.05, 0) is 79.1 Å². The standard InChI is InChI=1S/C25H29N7O/c1-4-30-16(3)17-7-9-21-18(11-17)5-6-19-12-20(23(33)14-26)8-10-22(19)25(21,13-15(2)27)24(28)31-32-29/h7-12,15,30H,3-6,13,27H2,1-2H3,(H3,28,29,31)/t15-,25?/m1/s1. The first kappa shape index (κ1) is 23.8. The number of carbonyl (C=O) groups excluding carboxylic acids is 1. The van der Waals surface area contributed by atoms with Gasteiger partial charge in [-0.2, -0.15) is 5.26 Å². The molecule has 6 N–H and O–H groups in total. The third-order valence-electron chi connectivity index (χ3n) is 6.09. The van der Waals surface area contributed by atoms with Crippen LogP contribution >= 0.6 is 0 Å². The van der Waals surface area contributed by atoms with Crippen LogP contribution < -0.4 is 16.9 Å². The van der Waals surface area contributed by atoms with E-state index >= 15 is 0 Å². The lowest BCUT2D eigenvalue weighted by Crippen LogP contribution is -2.41. The lowest BCUT2D eigenvalue weighted by atomic mass is 9.67. The maximum absolute atomic E-state index is 12.1. The van der Waals surface area contributed by atoms with E-state index in [1.54, 1.807) is 18.2 Å². The first-order valence-electron chi connectivity index (χ1n) is 10.9. The normalized spacial score (nSPS) is 17.9. The molecule has 0 bridgehead atoms. The number of aryl methyl sites for hydroxylation is 2. The number of nitrogens with zero attached hydrogens (tertiary/aromatic N) is 3. The molecule has 0 aromatic heterocycles. The predicted molar refractivity (Wildman–Crippen MR) is 129 cm³/mol. The van der Waals surface area contributed by atoms with Gasteiger partial charge in [-0.15, -0.1) is 5.11 Å². The van der Waals surface area contributed by atoms with Gasteiger partial charge in [0.1, 0.15) is 6.07 Å². The van der Waals surface area contributed by atoms with Crippen LogP contribution in [0.5, 0.6) is 0 Å². The molecule has 0 spiro atoms. The van der Waals surface area contributed by atoms with E-state index in [4.69, 9.17) is 22.2 Å². The van der Waals surface area contributed by atoms with Crippen LogP contribution in [0.2, 0.25) is 0 Å². The molecule has 2 aromatic rings. The number of ketones is 1. The largest absolute Gasteiger partial charge is 0.385 e. The van der Waals surface area contributed by atoms with Gasteiger partial charge in [0.25, 0.3) is 5.78 Å². The van der Waals surface area contributed by atoms with Crippen molar-refractivity contribution >= 4 is 17.3 Å². The Balaban J connectivity index is 2.34. The Hall–Kier alpha value is -3.83. The molecule has 2 atom stereocenters. The second kappa shape index (κ2) is 9.76. The van der Waals surface area contributed by atoms with Gasteiger partial charge in [-0.25, -0.2) is 0 Å². The Morgan fingerprint density at radius 2 is 1.82 bits per heavy atom. The third kappa shape index (κ3) is 4.41. The van der Waals surface area contributed by atoms with Crippen LogP contribution in [-0.2, 0) is 18.3 Å². The molecular formula is C25H29N7O. The van der Waals surface area contributed by atoms with Crippen molar-refractivity contribution in [1.82, 2.24) is 5.32 Å². The number of nitrogens with two attached hydrogens (primary N) is 2. The van der Waals surface area contributed by atoms with Gasteiger partial charge in [0.15, 0.2) is 5.84 Å². The molecule has 8 nitrogen and oxygen atoms in total. The van der Waals surface area contributed by atoms with Gasteiger partial charge in [0, 0.05) is 23.8 Å². The monoisotopic (exact) mass is 443 g/mol. The minimum absolute atomic E-state index is 0.0238. The lowest BCUT2D eigenvalue weighted by Gasteiger charge is -2.36.